The van der Waals surface area contributed by atoms with E-state index >= 15 is 0 Å². The minimum absolute atomic E-state index is 0.172. The van der Waals surface area contributed by atoms with Crippen LogP contribution in [0.2, 0.25) is 0 Å². The zero-order valence-corrected chi connectivity index (χ0v) is 9.41. The SMILES string of the molecule is O=C(O)/C=C/CCC[C@H](O)c1ccc(O)cc1. The molecule has 0 amide bonds. The van der Waals surface area contributed by atoms with Gasteiger partial charge in [0.2, 0.25) is 0 Å². The van der Waals surface area contributed by atoms with Gasteiger partial charge in [-0.3, -0.25) is 0 Å². The third-order valence-corrected chi connectivity index (χ3v) is 2.39. The molecule has 0 bridgehead atoms. The Hall–Kier alpha value is -1.81. The lowest BCUT2D eigenvalue weighted by Crippen LogP contribution is -1.96. The van der Waals surface area contributed by atoms with Crippen LogP contribution in [0.25, 0.3) is 0 Å². The molecule has 0 fully saturated rings. The van der Waals surface area contributed by atoms with E-state index in [0.717, 1.165) is 11.6 Å². The first-order valence-electron chi connectivity index (χ1n) is 5.46. The normalized spacial score (nSPS) is 12.8. The molecule has 17 heavy (non-hydrogen) atoms. The number of phenols is 1. The minimum atomic E-state index is -0.955. The fourth-order valence-corrected chi connectivity index (χ4v) is 1.48. The van der Waals surface area contributed by atoms with Crippen molar-refractivity contribution in [3.8, 4) is 5.75 Å². The number of aromatic hydroxyl groups is 1. The standard InChI is InChI=1S/C13H16O4/c14-11-8-6-10(7-9-11)12(15)4-2-1-3-5-13(16)17/h3,5-9,12,14-15H,1-2,4H2,(H,16,17)/b5-3+/t12-/m0/s1. The highest BCUT2D eigenvalue weighted by Gasteiger charge is 2.06. The van der Waals surface area contributed by atoms with Gasteiger partial charge < -0.3 is 15.3 Å². The van der Waals surface area contributed by atoms with Crippen molar-refractivity contribution < 1.29 is 20.1 Å². The van der Waals surface area contributed by atoms with Crippen LogP contribution in [0.1, 0.15) is 30.9 Å². The largest absolute Gasteiger partial charge is 0.508 e. The van der Waals surface area contributed by atoms with Crippen molar-refractivity contribution in [1.82, 2.24) is 0 Å². The number of carboxylic acid groups (broad SMARTS) is 1. The summed E-state index contributed by atoms with van der Waals surface area (Å²) in [7, 11) is 0. The Labute approximate surface area is 99.8 Å². The van der Waals surface area contributed by atoms with Gasteiger partial charge in [0.15, 0.2) is 0 Å². The number of hydrogen-bond acceptors (Lipinski definition) is 3. The number of aliphatic hydroxyl groups is 1. The van der Waals surface area contributed by atoms with Crippen LogP contribution in [0.4, 0.5) is 0 Å². The zero-order chi connectivity index (χ0) is 12.7. The van der Waals surface area contributed by atoms with Crippen LogP contribution in [0.5, 0.6) is 5.75 Å². The first-order valence-corrected chi connectivity index (χ1v) is 5.46. The number of allylic oxidation sites excluding steroid dienone is 1. The number of carboxylic acids is 1. The summed E-state index contributed by atoms with van der Waals surface area (Å²) in [6.07, 6.45) is 4.01. The molecule has 4 nitrogen and oxygen atoms in total. The topological polar surface area (TPSA) is 77.8 Å². The van der Waals surface area contributed by atoms with E-state index in [2.05, 4.69) is 0 Å². The first kappa shape index (κ1) is 13.3. The molecular formula is C13H16O4. The number of hydrogen-bond donors (Lipinski definition) is 3. The number of rotatable bonds is 6. The number of carbonyl (C=O) groups is 1. The molecule has 1 aromatic carbocycles. The highest BCUT2D eigenvalue weighted by molar-refractivity contribution is 5.79. The molecule has 1 aromatic rings. The summed E-state index contributed by atoms with van der Waals surface area (Å²) >= 11 is 0. The second-order valence-corrected chi connectivity index (χ2v) is 3.78. The Morgan fingerprint density at radius 3 is 2.53 bits per heavy atom. The van der Waals surface area contributed by atoms with Crippen molar-refractivity contribution in [3.05, 3.63) is 42.0 Å². The summed E-state index contributed by atoms with van der Waals surface area (Å²) in [5.41, 5.74) is 0.755. The van der Waals surface area contributed by atoms with Crippen LogP contribution in [0.15, 0.2) is 36.4 Å². The molecule has 0 aliphatic carbocycles. The van der Waals surface area contributed by atoms with Crippen LogP contribution in [0, 0.1) is 0 Å². The average Bonchev–Trinajstić information content (AvgIpc) is 2.29. The molecule has 0 aromatic heterocycles. The van der Waals surface area contributed by atoms with Crippen LogP contribution in [0.3, 0.4) is 0 Å². The second kappa shape index (κ2) is 6.70. The minimum Gasteiger partial charge on any atom is -0.508 e. The molecule has 0 aliphatic rings. The summed E-state index contributed by atoms with van der Waals surface area (Å²) < 4.78 is 0. The summed E-state index contributed by atoms with van der Waals surface area (Å²) in [5.74, 6) is -0.783. The fourth-order valence-electron chi connectivity index (χ4n) is 1.48. The maximum Gasteiger partial charge on any atom is 0.327 e. The summed E-state index contributed by atoms with van der Waals surface area (Å²) in [6.45, 7) is 0. The van der Waals surface area contributed by atoms with Gasteiger partial charge in [0.25, 0.3) is 0 Å². The van der Waals surface area contributed by atoms with E-state index in [0.29, 0.717) is 19.3 Å². The van der Waals surface area contributed by atoms with Gasteiger partial charge in [-0.15, -0.1) is 0 Å². The second-order valence-electron chi connectivity index (χ2n) is 3.78. The number of phenolic OH excluding ortho intramolecular Hbond substituents is 1. The van der Waals surface area contributed by atoms with Crippen molar-refractivity contribution in [2.75, 3.05) is 0 Å². The van der Waals surface area contributed by atoms with E-state index < -0.39 is 12.1 Å². The molecule has 0 spiro atoms. The predicted molar refractivity (Wildman–Crippen MR) is 63.7 cm³/mol. The Morgan fingerprint density at radius 2 is 1.94 bits per heavy atom. The lowest BCUT2D eigenvalue weighted by Gasteiger charge is -2.09. The van der Waals surface area contributed by atoms with E-state index in [9.17, 15) is 9.90 Å². The molecule has 0 heterocycles. The van der Waals surface area contributed by atoms with Gasteiger partial charge in [-0.1, -0.05) is 18.2 Å². The Morgan fingerprint density at radius 1 is 1.29 bits per heavy atom. The lowest BCUT2D eigenvalue weighted by atomic mass is 10.0. The van der Waals surface area contributed by atoms with Gasteiger partial charge in [0.1, 0.15) is 5.75 Å². The quantitative estimate of drug-likeness (QED) is 0.523. The average molecular weight is 236 g/mol. The Bertz CT molecular complexity index is 381. The highest BCUT2D eigenvalue weighted by Crippen LogP contribution is 2.21. The van der Waals surface area contributed by atoms with Crippen LogP contribution >= 0.6 is 0 Å². The number of unbranched alkanes of at least 4 members (excludes halogenated alkanes) is 1. The molecule has 0 aliphatic heterocycles. The fraction of sp³-hybridized carbons (Fsp3) is 0.308. The lowest BCUT2D eigenvalue weighted by molar-refractivity contribution is -0.131. The summed E-state index contributed by atoms with van der Waals surface area (Å²) in [4.78, 5) is 10.2. The monoisotopic (exact) mass is 236 g/mol. The molecule has 0 saturated carbocycles. The molecule has 0 unspecified atom stereocenters. The van der Waals surface area contributed by atoms with Crippen molar-refractivity contribution in [2.45, 2.75) is 25.4 Å². The Balaban J connectivity index is 2.32. The van der Waals surface area contributed by atoms with Crippen molar-refractivity contribution in [3.63, 3.8) is 0 Å². The van der Waals surface area contributed by atoms with E-state index in [1.807, 2.05) is 0 Å². The zero-order valence-electron chi connectivity index (χ0n) is 9.41. The third kappa shape index (κ3) is 5.17. The van der Waals surface area contributed by atoms with Gasteiger partial charge in [-0.05, 0) is 37.0 Å². The molecule has 0 saturated heterocycles. The molecule has 0 radical (unpaired) electrons. The van der Waals surface area contributed by atoms with Crippen molar-refractivity contribution in [2.24, 2.45) is 0 Å². The van der Waals surface area contributed by atoms with E-state index in [-0.39, 0.29) is 5.75 Å². The number of aliphatic carboxylic acids is 1. The summed E-state index contributed by atoms with van der Waals surface area (Å²) in [6, 6.07) is 6.41. The van der Waals surface area contributed by atoms with Crippen LogP contribution in [-0.4, -0.2) is 21.3 Å². The van der Waals surface area contributed by atoms with E-state index in [1.54, 1.807) is 18.2 Å². The third-order valence-electron chi connectivity index (χ3n) is 2.39. The van der Waals surface area contributed by atoms with Crippen LogP contribution in [-0.2, 0) is 4.79 Å². The molecular weight excluding hydrogens is 220 g/mol. The van der Waals surface area contributed by atoms with E-state index in [4.69, 9.17) is 10.2 Å². The molecule has 1 atom stereocenters. The van der Waals surface area contributed by atoms with Gasteiger partial charge in [0.05, 0.1) is 6.10 Å². The highest BCUT2D eigenvalue weighted by atomic mass is 16.4. The van der Waals surface area contributed by atoms with Gasteiger partial charge in [-0.25, -0.2) is 4.79 Å². The first-order chi connectivity index (χ1) is 8.09. The maximum atomic E-state index is 10.2. The van der Waals surface area contributed by atoms with E-state index in [1.165, 1.54) is 12.1 Å². The Kier molecular flexibility index (Phi) is 5.23. The molecule has 4 heteroatoms. The number of aliphatic hydroxyl groups excluding tert-OH is 1. The molecule has 3 N–H and O–H groups in total. The summed E-state index contributed by atoms with van der Waals surface area (Å²) in [5, 5.41) is 27.3. The molecule has 1 rings (SSSR count). The molecule has 92 valence electrons. The smallest absolute Gasteiger partial charge is 0.327 e. The van der Waals surface area contributed by atoms with Crippen molar-refractivity contribution in [1.29, 1.82) is 0 Å². The van der Waals surface area contributed by atoms with Gasteiger partial charge >= 0.3 is 5.97 Å². The van der Waals surface area contributed by atoms with Crippen LogP contribution < -0.4 is 0 Å². The van der Waals surface area contributed by atoms with Gasteiger partial charge in [-0.2, -0.15) is 0 Å². The number of benzene rings is 1. The predicted octanol–water partition coefficient (Wildman–Crippen LogP) is 2.24. The van der Waals surface area contributed by atoms with Crippen molar-refractivity contribution >= 4 is 5.97 Å². The van der Waals surface area contributed by atoms with Gasteiger partial charge in [0, 0.05) is 6.08 Å². The maximum absolute atomic E-state index is 10.2.